The second-order valence-electron chi connectivity index (χ2n) is 7.23. The second kappa shape index (κ2) is 12.0. The molecular weight excluding hydrogens is 481 g/mol. The molecule has 0 radical (unpaired) electrons. The van der Waals surface area contributed by atoms with Crippen molar-refractivity contribution in [2.24, 2.45) is 4.99 Å². The molecule has 2 heterocycles. The number of piperazine rings is 1. The largest absolute Gasteiger partial charge is 0.491 e. The van der Waals surface area contributed by atoms with Crippen LogP contribution >= 0.6 is 24.0 Å². The lowest BCUT2D eigenvalue weighted by molar-refractivity contribution is 0.169. The zero-order chi connectivity index (χ0) is 19.8. The summed E-state index contributed by atoms with van der Waals surface area (Å²) in [6.07, 6.45) is 1.82. The standard InChI is InChI=1S/C21H31N5O2.HI/c1-4-22-21(23-15-18-5-7-20(8-6-18)28-17(2)3)26-12-10-25(11-13-26)16-19-9-14-27-24-19;/h5-9,14,17H,4,10-13,15-16H2,1-3H3,(H,22,23);1H. The Bertz CT molecular complexity index is 726. The number of hydrogen-bond acceptors (Lipinski definition) is 5. The first-order valence-corrected chi connectivity index (χ1v) is 10.0. The van der Waals surface area contributed by atoms with Crippen LogP contribution in [0, 0.1) is 0 Å². The highest BCUT2D eigenvalue weighted by Crippen LogP contribution is 2.15. The van der Waals surface area contributed by atoms with E-state index in [9.17, 15) is 0 Å². The van der Waals surface area contributed by atoms with Crippen LogP contribution in [0.3, 0.4) is 0 Å². The molecule has 0 saturated carbocycles. The molecule has 0 atom stereocenters. The SMILES string of the molecule is CCNC(=NCc1ccc(OC(C)C)cc1)N1CCN(Cc2ccon2)CC1.I. The highest BCUT2D eigenvalue weighted by Gasteiger charge is 2.20. The van der Waals surface area contributed by atoms with E-state index in [1.165, 1.54) is 5.56 Å². The van der Waals surface area contributed by atoms with Crippen molar-refractivity contribution in [3.8, 4) is 5.75 Å². The lowest BCUT2D eigenvalue weighted by Gasteiger charge is -2.36. The number of benzene rings is 1. The van der Waals surface area contributed by atoms with Crippen molar-refractivity contribution in [3.05, 3.63) is 47.9 Å². The average molecular weight is 513 g/mol. The molecule has 0 amide bonds. The van der Waals surface area contributed by atoms with Gasteiger partial charge in [0, 0.05) is 45.3 Å². The highest BCUT2D eigenvalue weighted by atomic mass is 127. The van der Waals surface area contributed by atoms with Gasteiger partial charge in [0.25, 0.3) is 0 Å². The third kappa shape index (κ3) is 7.50. The first-order chi connectivity index (χ1) is 13.6. The van der Waals surface area contributed by atoms with Crippen molar-refractivity contribution in [2.75, 3.05) is 32.7 Å². The van der Waals surface area contributed by atoms with Gasteiger partial charge in [-0.2, -0.15) is 0 Å². The molecule has 1 saturated heterocycles. The maximum Gasteiger partial charge on any atom is 0.194 e. The Morgan fingerprint density at radius 3 is 2.48 bits per heavy atom. The number of guanidine groups is 1. The third-order valence-electron chi connectivity index (χ3n) is 4.59. The highest BCUT2D eigenvalue weighted by molar-refractivity contribution is 14.0. The van der Waals surface area contributed by atoms with E-state index >= 15 is 0 Å². The lowest BCUT2D eigenvalue weighted by Crippen LogP contribution is -2.52. The zero-order valence-corrected chi connectivity index (χ0v) is 19.8. The van der Waals surface area contributed by atoms with Crippen molar-refractivity contribution in [3.63, 3.8) is 0 Å². The summed E-state index contributed by atoms with van der Waals surface area (Å²) in [7, 11) is 0. The molecule has 0 spiro atoms. The van der Waals surface area contributed by atoms with Gasteiger partial charge in [0.05, 0.1) is 18.3 Å². The second-order valence-corrected chi connectivity index (χ2v) is 7.23. The number of halogens is 1. The number of nitrogens with zero attached hydrogens (tertiary/aromatic N) is 4. The Kier molecular flexibility index (Phi) is 9.72. The number of aliphatic imine (C=N–C) groups is 1. The maximum atomic E-state index is 5.70. The van der Waals surface area contributed by atoms with E-state index in [4.69, 9.17) is 14.3 Å². The van der Waals surface area contributed by atoms with Gasteiger partial charge < -0.3 is 19.5 Å². The molecule has 1 N–H and O–H groups in total. The number of nitrogens with one attached hydrogen (secondary N) is 1. The smallest absolute Gasteiger partial charge is 0.194 e. The molecule has 0 unspecified atom stereocenters. The fraction of sp³-hybridized carbons (Fsp3) is 0.524. The summed E-state index contributed by atoms with van der Waals surface area (Å²) in [6.45, 7) is 12.4. The van der Waals surface area contributed by atoms with Crippen LogP contribution in [0.4, 0.5) is 0 Å². The summed E-state index contributed by atoms with van der Waals surface area (Å²) >= 11 is 0. The van der Waals surface area contributed by atoms with Gasteiger partial charge in [0.15, 0.2) is 5.96 Å². The van der Waals surface area contributed by atoms with E-state index in [0.717, 1.165) is 56.7 Å². The molecule has 1 aromatic carbocycles. The topological polar surface area (TPSA) is 66.1 Å². The third-order valence-corrected chi connectivity index (χ3v) is 4.59. The van der Waals surface area contributed by atoms with E-state index in [2.05, 4.69) is 39.3 Å². The Morgan fingerprint density at radius 2 is 1.90 bits per heavy atom. The molecule has 7 nitrogen and oxygen atoms in total. The quantitative estimate of drug-likeness (QED) is 0.348. The number of rotatable bonds is 7. The average Bonchev–Trinajstić information content (AvgIpc) is 3.20. The van der Waals surface area contributed by atoms with Gasteiger partial charge in [0.2, 0.25) is 0 Å². The predicted molar refractivity (Wildman–Crippen MR) is 126 cm³/mol. The van der Waals surface area contributed by atoms with Crippen LogP contribution in [0.15, 0.2) is 46.1 Å². The summed E-state index contributed by atoms with van der Waals surface area (Å²) in [5.41, 5.74) is 2.16. The summed E-state index contributed by atoms with van der Waals surface area (Å²) in [6, 6.07) is 10.1. The van der Waals surface area contributed by atoms with Gasteiger partial charge in [-0.15, -0.1) is 24.0 Å². The number of hydrogen-bond donors (Lipinski definition) is 1. The molecule has 8 heteroatoms. The minimum Gasteiger partial charge on any atom is -0.491 e. The van der Waals surface area contributed by atoms with Gasteiger partial charge in [-0.05, 0) is 38.5 Å². The molecular formula is C21H32IN5O2. The Labute approximate surface area is 190 Å². The molecule has 1 aromatic heterocycles. The van der Waals surface area contributed by atoms with Crippen molar-refractivity contribution < 1.29 is 9.26 Å². The first-order valence-electron chi connectivity index (χ1n) is 10.0. The van der Waals surface area contributed by atoms with Gasteiger partial charge >= 0.3 is 0 Å². The molecule has 1 aliphatic rings. The Hall–Kier alpha value is -1.81. The first kappa shape index (κ1) is 23.5. The molecule has 2 aromatic rings. The molecule has 1 fully saturated rings. The summed E-state index contributed by atoms with van der Waals surface area (Å²) in [5.74, 6) is 1.88. The predicted octanol–water partition coefficient (Wildman–Crippen LogP) is 3.36. The number of ether oxygens (including phenoxy) is 1. The van der Waals surface area contributed by atoms with Crippen LogP contribution < -0.4 is 10.1 Å². The van der Waals surface area contributed by atoms with Crippen molar-refractivity contribution >= 4 is 29.9 Å². The minimum atomic E-state index is 0. The zero-order valence-electron chi connectivity index (χ0n) is 17.5. The number of aromatic nitrogens is 1. The van der Waals surface area contributed by atoms with Crippen LogP contribution in [-0.4, -0.2) is 59.7 Å². The maximum absolute atomic E-state index is 5.70. The molecule has 29 heavy (non-hydrogen) atoms. The van der Waals surface area contributed by atoms with Gasteiger partial charge in [-0.1, -0.05) is 17.3 Å². The summed E-state index contributed by atoms with van der Waals surface area (Å²) < 4.78 is 10.6. The Balaban J connectivity index is 0.00000300. The van der Waals surface area contributed by atoms with Crippen molar-refractivity contribution in [1.82, 2.24) is 20.3 Å². The molecule has 160 valence electrons. The summed E-state index contributed by atoms with van der Waals surface area (Å²) in [4.78, 5) is 9.57. The van der Waals surface area contributed by atoms with Crippen LogP contribution in [0.5, 0.6) is 5.75 Å². The lowest BCUT2D eigenvalue weighted by atomic mass is 10.2. The fourth-order valence-electron chi connectivity index (χ4n) is 3.20. The van der Waals surface area contributed by atoms with Gasteiger partial charge in [-0.3, -0.25) is 4.90 Å². The molecule has 0 bridgehead atoms. The molecule has 1 aliphatic heterocycles. The monoisotopic (exact) mass is 513 g/mol. The van der Waals surface area contributed by atoms with E-state index < -0.39 is 0 Å². The Morgan fingerprint density at radius 1 is 1.17 bits per heavy atom. The summed E-state index contributed by atoms with van der Waals surface area (Å²) in [5, 5.41) is 7.43. The fourth-order valence-corrected chi connectivity index (χ4v) is 3.20. The molecule has 0 aliphatic carbocycles. The van der Waals surface area contributed by atoms with Crippen molar-refractivity contribution in [2.45, 2.75) is 40.0 Å². The van der Waals surface area contributed by atoms with Gasteiger partial charge in [0.1, 0.15) is 12.0 Å². The van der Waals surface area contributed by atoms with Crippen LogP contribution in [-0.2, 0) is 13.1 Å². The van der Waals surface area contributed by atoms with E-state index in [0.29, 0.717) is 6.54 Å². The van der Waals surface area contributed by atoms with Crippen LogP contribution in [0.1, 0.15) is 32.0 Å². The normalized spacial score (nSPS) is 15.3. The van der Waals surface area contributed by atoms with Crippen LogP contribution in [0.2, 0.25) is 0 Å². The van der Waals surface area contributed by atoms with Gasteiger partial charge in [-0.25, -0.2) is 4.99 Å². The van der Waals surface area contributed by atoms with E-state index in [1.807, 2.05) is 32.0 Å². The van der Waals surface area contributed by atoms with Crippen molar-refractivity contribution in [1.29, 1.82) is 0 Å². The minimum absolute atomic E-state index is 0. The van der Waals surface area contributed by atoms with E-state index in [-0.39, 0.29) is 30.1 Å². The van der Waals surface area contributed by atoms with Crippen LogP contribution in [0.25, 0.3) is 0 Å². The van der Waals surface area contributed by atoms with E-state index in [1.54, 1.807) is 6.26 Å². The molecule has 3 rings (SSSR count).